The molecule has 0 saturated heterocycles. The van der Waals surface area contributed by atoms with E-state index < -0.39 is 6.10 Å². The molecule has 0 amide bonds. The van der Waals surface area contributed by atoms with Gasteiger partial charge in [0.05, 0.1) is 32.5 Å². The molecule has 2 unspecified atom stereocenters. The zero-order valence-electron chi connectivity index (χ0n) is 11.4. The molecule has 0 aromatic carbocycles. The number of nitrogens with one attached hydrogen (secondary N) is 1. The Labute approximate surface area is 109 Å². The maximum absolute atomic E-state index is 9.66. The number of rotatable bonds is 13. The van der Waals surface area contributed by atoms with E-state index in [1.807, 2.05) is 6.92 Å². The summed E-state index contributed by atoms with van der Waals surface area (Å²) in [6.45, 7) is 4.95. The third-order valence-electron chi connectivity index (χ3n) is 2.37. The van der Waals surface area contributed by atoms with E-state index in [4.69, 9.17) is 19.3 Å². The Balaban J connectivity index is 3.50. The standard InChI is InChI=1S/C12H27NO5/c1-3-17-6-7-18-10-12(15)8-13-11(4-5-14)9-16-2/h11-15H,3-10H2,1-2H3. The van der Waals surface area contributed by atoms with Crippen LogP contribution < -0.4 is 5.32 Å². The van der Waals surface area contributed by atoms with Gasteiger partial charge in [0, 0.05) is 32.9 Å². The Morgan fingerprint density at radius 3 is 2.50 bits per heavy atom. The van der Waals surface area contributed by atoms with Crippen molar-refractivity contribution in [1.82, 2.24) is 5.32 Å². The number of aliphatic hydroxyl groups excluding tert-OH is 2. The Hall–Kier alpha value is -0.240. The zero-order valence-corrected chi connectivity index (χ0v) is 11.4. The summed E-state index contributed by atoms with van der Waals surface area (Å²) in [5.41, 5.74) is 0. The minimum absolute atomic E-state index is 0.0538. The van der Waals surface area contributed by atoms with Crippen molar-refractivity contribution >= 4 is 0 Å². The first-order valence-electron chi connectivity index (χ1n) is 6.41. The zero-order chi connectivity index (χ0) is 13.6. The average Bonchev–Trinajstić information content (AvgIpc) is 2.36. The van der Waals surface area contributed by atoms with Crippen LogP contribution in [0.15, 0.2) is 0 Å². The van der Waals surface area contributed by atoms with Crippen molar-refractivity contribution in [3.8, 4) is 0 Å². The second kappa shape index (κ2) is 13.2. The van der Waals surface area contributed by atoms with Gasteiger partial charge in [-0.05, 0) is 13.3 Å². The summed E-state index contributed by atoms with van der Waals surface area (Å²) in [5, 5.41) is 21.6. The lowest BCUT2D eigenvalue weighted by Gasteiger charge is -2.19. The monoisotopic (exact) mass is 265 g/mol. The largest absolute Gasteiger partial charge is 0.396 e. The predicted octanol–water partition coefficient (Wildman–Crippen LogP) is -0.613. The molecule has 0 radical (unpaired) electrons. The van der Waals surface area contributed by atoms with E-state index in [-0.39, 0.29) is 19.3 Å². The van der Waals surface area contributed by atoms with Crippen LogP contribution in [0, 0.1) is 0 Å². The molecule has 0 aliphatic rings. The van der Waals surface area contributed by atoms with Crippen LogP contribution >= 0.6 is 0 Å². The third-order valence-corrected chi connectivity index (χ3v) is 2.37. The quantitative estimate of drug-likeness (QED) is 0.385. The van der Waals surface area contributed by atoms with E-state index in [1.54, 1.807) is 7.11 Å². The second-order valence-electron chi connectivity index (χ2n) is 4.00. The predicted molar refractivity (Wildman–Crippen MR) is 68.7 cm³/mol. The Bertz CT molecular complexity index is 165. The minimum atomic E-state index is -0.565. The molecule has 0 bridgehead atoms. The average molecular weight is 265 g/mol. The summed E-state index contributed by atoms with van der Waals surface area (Å²) in [6.07, 6.45) is 0.0378. The number of aliphatic hydroxyl groups is 2. The highest BCUT2D eigenvalue weighted by molar-refractivity contribution is 4.68. The molecule has 0 aromatic heterocycles. The van der Waals surface area contributed by atoms with Crippen LogP contribution in [0.4, 0.5) is 0 Å². The summed E-state index contributed by atoms with van der Waals surface area (Å²) in [5.74, 6) is 0. The van der Waals surface area contributed by atoms with E-state index in [0.29, 0.717) is 39.4 Å². The molecule has 2 atom stereocenters. The number of hydrogen-bond acceptors (Lipinski definition) is 6. The minimum Gasteiger partial charge on any atom is -0.396 e. The van der Waals surface area contributed by atoms with Gasteiger partial charge < -0.3 is 29.7 Å². The summed E-state index contributed by atoms with van der Waals surface area (Å²) in [4.78, 5) is 0. The van der Waals surface area contributed by atoms with Crippen LogP contribution in [0.25, 0.3) is 0 Å². The molecule has 0 fully saturated rings. The molecule has 6 nitrogen and oxygen atoms in total. The van der Waals surface area contributed by atoms with Crippen molar-refractivity contribution in [3.05, 3.63) is 0 Å². The first-order valence-corrected chi connectivity index (χ1v) is 6.41. The molecule has 0 aliphatic carbocycles. The molecule has 6 heteroatoms. The number of hydrogen-bond donors (Lipinski definition) is 3. The molecule has 0 aromatic rings. The molecule has 18 heavy (non-hydrogen) atoms. The molecule has 110 valence electrons. The number of ether oxygens (including phenoxy) is 3. The topological polar surface area (TPSA) is 80.2 Å². The van der Waals surface area contributed by atoms with Gasteiger partial charge in [-0.15, -0.1) is 0 Å². The van der Waals surface area contributed by atoms with E-state index in [2.05, 4.69) is 5.32 Å². The van der Waals surface area contributed by atoms with Gasteiger partial charge in [0.25, 0.3) is 0 Å². The van der Waals surface area contributed by atoms with Gasteiger partial charge in [0.15, 0.2) is 0 Å². The maximum Gasteiger partial charge on any atom is 0.0897 e. The Kier molecular flexibility index (Phi) is 13.0. The summed E-state index contributed by atoms with van der Waals surface area (Å²) in [6, 6.07) is 0.0538. The van der Waals surface area contributed by atoms with E-state index in [9.17, 15) is 5.11 Å². The fourth-order valence-electron chi connectivity index (χ4n) is 1.44. The van der Waals surface area contributed by atoms with Gasteiger partial charge in [-0.2, -0.15) is 0 Å². The van der Waals surface area contributed by atoms with Gasteiger partial charge in [-0.25, -0.2) is 0 Å². The maximum atomic E-state index is 9.66. The van der Waals surface area contributed by atoms with E-state index in [0.717, 1.165) is 0 Å². The molecule has 0 heterocycles. The van der Waals surface area contributed by atoms with E-state index in [1.165, 1.54) is 0 Å². The summed E-state index contributed by atoms with van der Waals surface area (Å²) >= 11 is 0. The van der Waals surface area contributed by atoms with Crippen molar-refractivity contribution in [2.75, 3.05) is 53.3 Å². The lowest BCUT2D eigenvalue weighted by atomic mass is 10.2. The van der Waals surface area contributed by atoms with E-state index >= 15 is 0 Å². The Morgan fingerprint density at radius 1 is 1.17 bits per heavy atom. The first kappa shape index (κ1) is 17.8. The third kappa shape index (κ3) is 10.9. The second-order valence-corrected chi connectivity index (χ2v) is 4.00. The summed E-state index contributed by atoms with van der Waals surface area (Å²) < 4.78 is 15.4. The van der Waals surface area contributed by atoms with Gasteiger partial charge in [0.2, 0.25) is 0 Å². The number of methoxy groups -OCH3 is 1. The molecule has 3 N–H and O–H groups in total. The van der Waals surface area contributed by atoms with Crippen LogP contribution in [0.1, 0.15) is 13.3 Å². The molecule has 0 spiro atoms. The van der Waals surface area contributed by atoms with Crippen molar-refractivity contribution < 1.29 is 24.4 Å². The fourth-order valence-corrected chi connectivity index (χ4v) is 1.44. The van der Waals surface area contributed by atoms with Gasteiger partial charge >= 0.3 is 0 Å². The molecule has 0 saturated carbocycles. The van der Waals surface area contributed by atoms with Crippen LogP contribution in [-0.4, -0.2) is 75.7 Å². The lowest BCUT2D eigenvalue weighted by Crippen LogP contribution is -2.40. The molecule has 0 aliphatic heterocycles. The normalized spacial score (nSPS) is 14.7. The van der Waals surface area contributed by atoms with Crippen LogP contribution in [-0.2, 0) is 14.2 Å². The highest BCUT2D eigenvalue weighted by Crippen LogP contribution is 1.93. The molecule has 0 rings (SSSR count). The highest BCUT2D eigenvalue weighted by atomic mass is 16.5. The van der Waals surface area contributed by atoms with Crippen LogP contribution in [0.2, 0.25) is 0 Å². The van der Waals surface area contributed by atoms with Crippen molar-refractivity contribution in [2.24, 2.45) is 0 Å². The van der Waals surface area contributed by atoms with Crippen molar-refractivity contribution in [1.29, 1.82) is 0 Å². The molecular formula is C12H27NO5. The SMILES string of the molecule is CCOCCOCC(O)CNC(CCO)COC. The summed E-state index contributed by atoms with van der Waals surface area (Å²) in [7, 11) is 1.61. The van der Waals surface area contributed by atoms with Gasteiger partial charge in [0.1, 0.15) is 0 Å². The first-order chi connectivity index (χ1) is 8.74. The lowest BCUT2D eigenvalue weighted by molar-refractivity contribution is 0.00451. The Morgan fingerprint density at radius 2 is 1.89 bits per heavy atom. The van der Waals surface area contributed by atoms with Crippen LogP contribution in [0.5, 0.6) is 0 Å². The van der Waals surface area contributed by atoms with Gasteiger partial charge in [-0.1, -0.05) is 0 Å². The molecular weight excluding hydrogens is 238 g/mol. The highest BCUT2D eigenvalue weighted by Gasteiger charge is 2.10. The van der Waals surface area contributed by atoms with Crippen molar-refractivity contribution in [3.63, 3.8) is 0 Å². The smallest absolute Gasteiger partial charge is 0.0897 e. The van der Waals surface area contributed by atoms with Crippen molar-refractivity contribution in [2.45, 2.75) is 25.5 Å². The fraction of sp³-hybridized carbons (Fsp3) is 1.00. The van der Waals surface area contributed by atoms with Gasteiger partial charge in [-0.3, -0.25) is 0 Å². The van der Waals surface area contributed by atoms with Crippen LogP contribution in [0.3, 0.4) is 0 Å².